The van der Waals surface area contributed by atoms with Gasteiger partial charge in [-0.25, -0.2) is 0 Å². The number of rotatable bonds is 30. The molecule has 0 bridgehead atoms. The van der Waals surface area contributed by atoms with Crippen LogP contribution in [-0.2, 0) is 13.3 Å². The van der Waals surface area contributed by atoms with Crippen LogP contribution in [0.1, 0.15) is 143 Å². The van der Waals surface area contributed by atoms with Gasteiger partial charge in [0.25, 0.3) is 0 Å². The summed E-state index contributed by atoms with van der Waals surface area (Å²) in [5.74, 6) is 0. The fraction of sp³-hybridized carbons (Fsp3) is 1.00. The first-order chi connectivity index (χ1) is 17.2. The Hall–Kier alpha value is 0.0169. The third-order valence-electron chi connectivity index (χ3n) is 6.62. The highest BCUT2D eigenvalue weighted by Gasteiger charge is 2.40. The molecular weight excluding hydrogens is 452 g/mol. The monoisotopic (exact) mass is 516 g/mol. The zero-order chi connectivity index (χ0) is 25.7. The van der Waals surface area contributed by atoms with Crippen molar-refractivity contribution in [2.75, 3.05) is 39.5 Å². The second kappa shape index (κ2) is 28.6. The van der Waals surface area contributed by atoms with Gasteiger partial charge >= 0.3 is 8.80 Å². The summed E-state index contributed by atoms with van der Waals surface area (Å²) in [4.78, 5) is 0. The van der Waals surface area contributed by atoms with Gasteiger partial charge in [0.05, 0.1) is 0 Å². The Morgan fingerprint density at radius 2 is 0.857 bits per heavy atom. The van der Waals surface area contributed by atoms with E-state index < -0.39 is 8.80 Å². The average molecular weight is 517 g/mol. The fourth-order valence-corrected chi connectivity index (χ4v) is 6.99. The molecule has 0 aliphatic carbocycles. The summed E-state index contributed by atoms with van der Waals surface area (Å²) in [6.45, 7) is 11.7. The number of hydrogen-bond donors (Lipinski definition) is 2. The van der Waals surface area contributed by atoms with Crippen LogP contribution in [0, 0.1) is 0 Å². The van der Waals surface area contributed by atoms with Crippen LogP contribution in [0.3, 0.4) is 0 Å². The molecule has 0 spiro atoms. The van der Waals surface area contributed by atoms with Crippen LogP contribution < -0.4 is 11.1 Å². The molecule has 0 fully saturated rings. The Morgan fingerprint density at radius 3 is 1.23 bits per heavy atom. The van der Waals surface area contributed by atoms with Gasteiger partial charge in [0, 0.05) is 39.0 Å². The summed E-state index contributed by atoms with van der Waals surface area (Å²) in [5.41, 5.74) is 5.64. The van der Waals surface area contributed by atoms with E-state index in [0.29, 0.717) is 6.54 Å². The first-order valence-electron chi connectivity index (χ1n) is 15.6. The molecule has 0 saturated carbocycles. The summed E-state index contributed by atoms with van der Waals surface area (Å²) in [6.07, 6.45) is 24.0. The van der Waals surface area contributed by atoms with Crippen molar-refractivity contribution in [2.24, 2.45) is 5.73 Å². The lowest BCUT2D eigenvalue weighted by molar-refractivity contribution is 0.0547. The fourth-order valence-electron chi connectivity index (χ4n) is 4.33. The molecule has 0 unspecified atom stereocenters. The lowest BCUT2D eigenvalue weighted by atomic mass is 10.1. The zero-order valence-electron chi connectivity index (χ0n) is 24.2. The average Bonchev–Trinajstić information content (AvgIpc) is 2.87. The van der Waals surface area contributed by atoms with E-state index in [1.165, 1.54) is 96.3 Å². The van der Waals surface area contributed by atoms with Crippen LogP contribution in [0.5, 0.6) is 0 Å². The van der Waals surface area contributed by atoms with Gasteiger partial charge in [-0.3, -0.25) is 0 Å². The zero-order valence-corrected chi connectivity index (χ0v) is 25.2. The van der Waals surface area contributed by atoms with Gasteiger partial charge in [-0.1, -0.05) is 117 Å². The molecule has 0 aromatic carbocycles. The van der Waals surface area contributed by atoms with Gasteiger partial charge in [-0.15, -0.1) is 0 Å². The van der Waals surface area contributed by atoms with Gasteiger partial charge in [-0.2, -0.15) is 0 Å². The van der Waals surface area contributed by atoms with Gasteiger partial charge in [0.1, 0.15) is 0 Å². The van der Waals surface area contributed by atoms with Crippen LogP contribution >= 0.6 is 0 Å². The molecule has 0 radical (unpaired) electrons. The molecule has 212 valence electrons. The van der Waals surface area contributed by atoms with Crippen molar-refractivity contribution >= 4 is 8.80 Å². The van der Waals surface area contributed by atoms with E-state index in [0.717, 1.165) is 64.6 Å². The normalized spacial score (nSPS) is 12.0. The van der Waals surface area contributed by atoms with Gasteiger partial charge in [-0.05, 0) is 32.2 Å². The Bertz CT molecular complexity index is 357. The van der Waals surface area contributed by atoms with E-state index in [2.05, 4.69) is 26.1 Å². The standard InChI is InChI=1S/C29H64N2O3Si/c1-4-7-10-13-16-19-26-32-35(29-22-24-31-25-23-30,33-27-20-17-14-11-8-5-2)34-28-21-18-15-12-9-6-3/h31H,4-30H2,1-3H3. The molecule has 0 amide bonds. The lowest BCUT2D eigenvalue weighted by Gasteiger charge is -2.30. The molecule has 0 atom stereocenters. The Morgan fingerprint density at radius 1 is 0.486 bits per heavy atom. The second-order valence-electron chi connectivity index (χ2n) is 10.2. The number of nitrogens with two attached hydrogens (primary N) is 1. The Kier molecular flexibility index (Phi) is 28.6. The SMILES string of the molecule is CCCCCCCCO[Si](CCCNCCN)(OCCCCCCCC)OCCCCCCCC. The highest BCUT2D eigenvalue weighted by Crippen LogP contribution is 2.21. The van der Waals surface area contributed by atoms with E-state index in [1.807, 2.05) is 0 Å². The largest absolute Gasteiger partial charge is 0.501 e. The topological polar surface area (TPSA) is 65.7 Å². The first kappa shape index (κ1) is 35.0. The van der Waals surface area contributed by atoms with Gasteiger partial charge < -0.3 is 24.3 Å². The van der Waals surface area contributed by atoms with E-state index in [4.69, 9.17) is 19.0 Å². The minimum Gasteiger partial charge on any atom is -0.373 e. The molecule has 5 nitrogen and oxygen atoms in total. The highest BCUT2D eigenvalue weighted by atomic mass is 28.4. The predicted molar refractivity (Wildman–Crippen MR) is 155 cm³/mol. The van der Waals surface area contributed by atoms with Crippen molar-refractivity contribution in [3.8, 4) is 0 Å². The van der Waals surface area contributed by atoms with Crippen molar-refractivity contribution in [3.05, 3.63) is 0 Å². The molecule has 6 heteroatoms. The number of unbranched alkanes of at least 4 members (excludes halogenated alkanes) is 15. The van der Waals surface area contributed by atoms with Gasteiger partial charge in [0.2, 0.25) is 0 Å². The van der Waals surface area contributed by atoms with Crippen molar-refractivity contribution in [2.45, 2.75) is 149 Å². The molecule has 0 aliphatic rings. The smallest absolute Gasteiger partial charge is 0.373 e. The molecule has 0 aromatic heterocycles. The molecule has 0 saturated heterocycles. The lowest BCUT2D eigenvalue weighted by Crippen LogP contribution is -2.47. The third kappa shape index (κ3) is 24.1. The van der Waals surface area contributed by atoms with Crippen LogP contribution in [-0.4, -0.2) is 48.3 Å². The Balaban J connectivity index is 4.73. The van der Waals surface area contributed by atoms with Crippen LogP contribution in [0.4, 0.5) is 0 Å². The minimum absolute atomic E-state index is 0.681. The minimum atomic E-state index is -2.65. The molecule has 3 N–H and O–H groups in total. The maximum absolute atomic E-state index is 6.58. The number of nitrogens with one attached hydrogen (secondary N) is 1. The Labute approximate surface area is 221 Å². The molecule has 0 aromatic rings. The van der Waals surface area contributed by atoms with Gasteiger partial charge in [0.15, 0.2) is 0 Å². The second-order valence-corrected chi connectivity index (χ2v) is 12.9. The summed E-state index contributed by atoms with van der Waals surface area (Å²) < 4.78 is 19.7. The predicted octanol–water partition coefficient (Wildman–Crippen LogP) is 8.00. The molecule has 0 aliphatic heterocycles. The van der Waals surface area contributed by atoms with Crippen LogP contribution in [0.25, 0.3) is 0 Å². The van der Waals surface area contributed by atoms with E-state index >= 15 is 0 Å². The van der Waals surface area contributed by atoms with Crippen molar-refractivity contribution in [1.82, 2.24) is 5.32 Å². The maximum Gasteiger partial charge on any atom is 0.501 e. The van der Waals surface area contributed by atoms with Crippen molar-refractivity contribution < 1.29 is 13.3 Å². The van der Waals surface area contributed by atoms with Crippen molar-refractivity contribution in [1.29, 1.82) is 0 Å². The maximum atomic E-state index is 6.58. The summed E-state index contributed by atoms with van der Waals surface area (Å²) >= 11 is 0. The van der Waals surface area contributed by atoms with Crippen LogP contribution in [0.15, 0.2) is 0 Å². The molecule has 0 heterocycles. The summed E-state index contributed by atoms with van der Waals surface area (Å²) in [5, 5.41) is 3.43. The van der Waals surface area contributed by atoms with Crippen LogP contribution in [0.2, 0.25) is 6.04 Å². The quantitative estimate of drug-likeness (QED) is 0.0748. The van der Waals surface area contributed by atoms with E-state index in [-0.39, 0.29) is 0 Å². The van der Waals surface area contributed by atoms with Crippen molar-refractivity contribution in [3.63, 3.8) is 0 Å². The third-order valence-corrected chi connectivity index (χ3v) is 9.52. The summed E-state index contributed by atoms with van der Waals surface area (Å²) in [7, 11) is -2.65. The highest BCUT2D eigenvalue weighted by molar-refractivity contribution is 6.60. The van der Waals surface area contributed by atoms with E-state index in [1.54, 1.807) is 0 Å². The molecule has 35 heavy (non-hydrogen) atoms. The first-order valence-corrected chi connectivity index (χ1v) is 17.5. The molecule has 0 rings (SSSR count). The van der Waals surface area contributed by atoms with E-state index in [9.17, 15) is 0 Å². The molecular formula is C29H64N2O3Si. The number of hydrogen-bond acceptors (Lipinski definition) is 5. The summed E-state index contributed by atoms with van der Waals surface area (Å²) in [6, 6.07) is 0.909.